The maximum atomic E-state index is 7.01. The van der Waals surface area contributed by atoms with Gasteiger partial charge in [0, 0.05) is 0 Å². The molecule has 0 saturated heterocycles. The minimum absolute atomic E-state index is 0.824. The molecular weight excluding hydrogens is 458 g/mol. The summed E-state index contributed by atoms with van der Waals surface area (Å²) in [7, 11) is 7.01. The molecule has 28 heavy (non-hydrogen) atoms. The Hall–Kier alpha value is -1.66. The first-order valence-corrected chi connectivity index (χ1v) is 13.2. The number of aromatic nitrogens is 2. The van der Waals surface area contributed by atoms with Gasteiger partial charge in [-0.05, 0) is 0 Å². The molecule has 4 heteroatoms. The normalized spacial score (nSPS) is 11.6. The number of allylic oxidation sites excluding steroid dienone is 1. The van der Waals surface area contributed by atoms with Gasteiger partial charge < -0.3 is 0 Å². The van der Waals surface area contributed by atoms with E-state index >= 15 is 0 Å². The molecule has 2 aromatic carbocycles. The molecule has 0 aliphatic rings. The molecule has 0 spiro atoms. The van der Waals surface area contributed by atoms with Crippen LogP contribution < -0.4 is 0 Å². The molecule has 1 heterocycles. The molecule has 154 valence electrons. The average Bonchev–Trinajstić information content (AvgIpc) is 3.06. The minimum atomic E-state index is -1.49. The second-order valence-electron chi connectivity index (χ2n) is 7.40. The first-order valence-electron chi connectivity index (χ1n) is 9.37. The summed E-state index contributed by atoms with van der Waals surface area (Å²) in [4.78, 5) is 0.824. The summed E-state index contributed by atoms with van der Waals surface area (Å²) >= 11 is -1.49. The predicted molar refractivity (Wildman–Crippen MR) is 118 cm³/mol. The Morgan fingerprint density at radius 2 is 1.14 bits per heavy atom. The topological polar surface area (TPSA) is 9.86 Å². The Morgan fingerprint density at radius 1 is 0.750 bits per heavy atom. The molecule has 1 aromatic heterocycles. The third-order valence-corrected chi connectivity index (χ3v) is 8.95. The van der Waals surface area contributed by atoms with E-state index in [9.17, 15) is 0 Å². The van der Waals surface area contributed by atoms with Crippen molar-refractivity contribution in [3.8, 4) is 11.4 Å². The van der Waals surface area contributed by atoms with E-state index < -0.39 is 15.3 Å². The van der Waals surface area contributed by atoms with Gasteiger partial charge in [-0.15, -0.1) is 0 Å². The fraction of sp³-hybridized carbons (Fsp3) is 0.292. The van der Waals surface area contributed by atoms with E-state index in [2.05, 4.69) is 93.9 Å². The van der Waals surface area contributed by atoms with Crippen molar-refractivity contribution in [3.05, 3.63) is 86.6 Å². The van der Waals surface area contributed by atoms with Crippen LogP contribution in [0, 0.1) is 45.4 Å². The molecule has 0 amide bonds. The summed E-state index contributed by atoms with van der Waals surface area (Å²) in [5.41, 5.74) is 10.1. The van der Waals surface area contributed by atoms with E-state index in [1.54, 1.807) is 0 Å². The fourth-order valence-electron chi connectivity index (χ4n) is 3.42. The zero-order valence-corrected chi connectivity index (χ0v) is 19.9. The van der Waals surface area contributed by atoms with E-state index in [1.807, 2.05) is 6.08 Å². The van der Waals surface area contributed by atoms with Crippen LogP contribution in [0.25, 0.3) is 11.4 Å². The standard InChI is InChI=1S/C21H24N2.C3H5.ClH.Pd/c1-14-9-18(5)20(11-16(14)3)22-7-8-23(13-22)21-12-17(4)15(2)10-19(21)6;1-3-2;;/h7-12H,1-6H3;3H,1-2H2;1H;/q;;;-1/p-1. The number of nitrogens with zero attached hydrogens (tertiary/aromatic N) is 2. The van der Waals surface area contributed by atoms with Crippen molar-refractivity contribution in [2.45, 2.75) is 46.4 Å². The molecule has 0 unspecified atom stereocenters. The average molecular weight is 487 g/mol. The van der Waals surface area contributed by atoms with Crippen LogP contribution in [0.2, 0.25) is 4.89 Å². The van der Waals surface area contributed by atoms with Crippen molar-refractivity contribution in [3.63, 3.8) is 0 Å². The molecule has 0 N–H and O–H groups in total. The molecule has 0 radical (unpaired) electrons. The fourth-order valence-corrected chi connectivity index (χ4v) is 6.61. The quantitative estimate of drug-likeness (QED) is 0.276. The van der Waals surface area contributed by atoms with Gasteiger partial charge in [0.1, 0.15) is 0 Å². The van der Waals surface area contributed by atoms with Crippen molar-refractivity contribution in [2.75, 3.05) is 0 Å². The summed E-state index contributed by atoms with van der Waals surface area (Å²) in [5, 5.41) is 0. The number of benzene rings is 2. The Bertz CT molecular complexity index is 1050. The predicted octanol–water partition coefficient (Wildman–Crippen LogP) is 7.03. The van der Waals surface area contributed by atoms with Crippen LogP contribution in [0.5, 0.6) is 0 Å². The summed E-state index contributed by atoms with van der Waals surface area (Å²) in [5.74, 6) is 0. The zero-order valence-electron chi connectivity index (χ0n) is 17.5. The van der Waals surface area contributed by atoms with Crippen molar-refractivity contribution < 1.29 is 15.3 Å². The van der Waals surface area contributed by atoms with Gasteiger partial charge >= 0.3 is 178 Å². The first-order chi connectivity index (χ1) is 13.2. The number of imidazole rings is 1. The number of rotatable bonds is 4. The van der Waals surface area contributed by atoms with Gasteiger partial charge in [-0.25, -0.2) is 0 Å². The van der Waals surface area contributed by atoms with Crippen LogP contribution in [-0.2, 0) is 15.3 Å². The van der Waals surface area contributed by atoms with Crippen molar-refractivity contribution >= 4 is 9.53 Å². The van der Waals surface area contributed by atoms with Crippen LogP contribution in [0.15, 0.2) is 49.3 Å². The van der Waals surface area contributed by atoms with Crippen molar-refractivity contribution in [1.29, 1.82) is 0 Å². The Kier molecular flexibility index (Phi) is 6.30. The second kappa shape index (κ2) is 8.38. The van der Waals surface area contributed by atoms with Crippen LogP contribution in [0.3, 0.4) is 0 Å². The second-order valence-corrected chi connectivity index (χ2v) is 11.7. The van der Waals surface area contributed by atoms with E-state index in [0.29, 0.717) is 0 Å². The van der Waals surface area contributed by atoms with Gasteiger partial charge in [0.05, 0.1) is 0 Å². The third kappa shape index (κ3) is 3.90. The number of hydrogen-bond donors (Lipinski definition) is 0. The van der Waals surface area contributed by atoms with Gasteiger partial charge in [-0.2, -0.15) is 0 Å². The van der Waals surface area contributed by atoms with Gasteiger partial charge in [0.15, 0.2) is 0 Å². The molecule has 0 aliphatic carbocycles. The summed E-state index contributed by atoms with van der Waals surface area (Å²) < 4.78 is 5.74. The van der Waals surface area contributed by atoms with Gasteiger partial charge in [0.2, 0.25) is 0 Å². The number of halogens is 1. The van der Waals surface area contributed by atoms with Gasteiger partial charge in [0.25, 0.3) is 0 Å². The van der Waals surface area contributed by atoms with E-state index in [-0.39, 0.29) is 0 Å². The van der Waals surface area contributed by atoms with Gasteiger partial charge in [-0.3, -0.25) is 0 Å². The van der Waals surface area contributed by atoms with Crippen molar-refractivity contribution in [2.24, 2.45) is 0 Å². The molecule has 3 aromatic rings. The maximum absolute atomic E-state index is 7.01. The number of aryl methyl sites for hydroxylation is 6. The van der Waals surface area contributed by atoms with Crippen LogP contribution in [0.1, 0.15) is 33.4 Å². The van der Waals surface area contributed by atoms with Crippen LogP contribution >= 0.6 is 9.53 Å². The van der Waals surface area contributed by atoms with E-state index in [4.69, 9.17) is 9.53 Å². The molecule has 0 saturated carbocycles. The van der Waals surface area contributed by atoms with Crippen LogP contribution in [-0.4, -0.2) is 9.13 Å². The Morgan fingerprint density at radius 3 is 1.54 bits per heavy atom. The molecular formula is C24H29ClN2Pd-2. The zero-order chi connectivity index (χ0) is 20.6. The summed E-state index contributed by atoms with van der Waals surface area (Å²) in [6, 6.07) is 9.06. The Labute approximate surface area is 177 Å². The molecule has 0 bridgehead atoms. The molecule has 2 nitrogen and oxygen atoms in total. The SMILES string of the molecule is C=C[CH2][Pd-2]([Cl])=[c]1n(-c2cc(C)c(C)cc2C)ccn1-c1cc(C)c(C)cc1C. The van der Waals surface area contributed by atoms with Gasteiger partial charge in [-0.1, -0.05) is 0 Å². The van der Waals surface area contributed by atoms with Crippen molar-refractivity contribution in [1.82, 2.24) is 9.13 Å². The number of hydrogen-bond acceptors (Lipinski definition) is 0. The summed E-state index contributed by atoms with van der Waals surface area (Å²) in [6.07, 6.45) is 6.25. The third-order valence-electron chi connectivity index (χ3n) is 5.23. The van der Waals surface area contributed by atoms with Crippen LogP contribution in [0.4, 0.5) is 0 Å². The monoisotopic (exact) mass is 486 g/mol. The molecule has 3 rings (SSSR count). The Balaban J connectivity index is 2.38. The van der Waals surface area contributed by atoms with E-state index in [0.717, 1.165) is 4.89 Å². The summed E-state index contributed by atoms with van der Waals surface area (Å²) in [6.45, 7) is 16.9. The first kappa shape index (κ1) is 21.1. The molecule has 0 fully saturated rings. The molecule has 0 atom stereocenters. The van der Waals surface area contributed by atoms with E-state index in [1.165, 1.54) is 48.6 Å². The molecule has 0 aliphatic heterocycles.